The number of carbonyl (C=O) groups excluding carboxylic acids is 1. The molecule has 2 aromatic carbocycles. The van der Waals surface area contributed by atoms with Gasteiger partial charge in [0.15, 0.2) is 4.91 Å². The molecule has 24 heavy (non-hydrogen) atoms. The lowest BCUT2D eigenvalue weighted by molar-refractivity contribution is -0.135. The molecule has 0 fully saturated rings. The lowest BCUT2D eigenvalue weighted by Gasteiger charge is -2.09. The SMILES string of the molecule is COC(=O)/C(=C/Nc1ccc(C)cc1)S(=O)(=O)c1ccc(C)cc1. The maximum absolute atomic E-state index is 12.7. The molecule has 0 saturated carbocycles. The molecule has 2 rings (SSSR count). The lowest BCUT2D eigenvalue weighted by Crippen LogP contribution is -2.17. The number of ether oxygens (including phenoxy) is 1. The van der Waals surface area contributed by atoms with Crippen LogP contribution >= 0.6 is 0 Å². The zero-order valence-electron chi connectivity index (χ0n) is 13.7. The Hall–Kier alpha value is -2.60. The zero-order valence-corrected chi connectivity index (χ0v) is 14.6. The third-order valence-electron chi connectivity index (χ3n) is 3.43. The summed E-state index contributed by atoms with van der Waals surface area (Å²) in [5.41, 5.74) is 2.67. The number of benzene rings is 2. The van der Waals surface area contributed by atoms with Crippen molar-refractivity contribution in [3.8, 4) is 0 Å². The van der Waals surface area contributed by atoms with Gasteiger partial charge < -0.3 is 10.1 Å². The van der Waals surface area contributed by atoms with E-state index in [9.17, 15) is 13.2 Å². The van der Waals surface area contributed by atoms with E-state index in [4.69, 9.17) is 0 Å². The molecule has 2 aromatic rings. The molecule has 6 heteroatoms. The Bertz CT molecular complexity index is 851. The van der Waals surface area contributed by atoms with Crippen molar-refractivity contribution >= 4 is 21.5 Å². The Morgan fingerprint density at radius 2 is 1.46 bits per heavy atom. The van der Waals surface area contributed by atoms with E-state index in [1.54, 1.807) is 24.3 Å². The minimum atomic E-state index is -3.98. The first kappa shape index (κ1) is 17.7. The number of hydrogen-bond donors (Lipinski definition) is 1. The van der Waals surface area contributed by atoms with Crippen LogP contribution in [0.5, 0.6) is 0 Å². The number of carbonyl (C=O) groups is 1. The number of hydrogen-bond acceptors (Lipinski definition) is 5. The molecule has 0 amide bonds. The van der Waals surface area contributed by atoms with Crippen LogP contribution in [0.1, 0.15) is 11.1 Å². The summed E-state index contributed by atoms with van der Waals surface area (Å²) in [6.45, 7) is 3.80. The van der Waals surface area contributed by atoms with E-state index in [-0.39, 0.29) is 4.90 Å². The molecular formula is C18H19NO4S. The molecule has 0 bridgehead atoms. The fourth-order valence-electron chi connectivity index (χ4n) is 1.99. The maximum atomic E-state index is 12.7. The first-order chi connectivity index (χ1) is 11.3. The fraction of sp³-hybridized carbons (Fsp3) is 0.167. The molecule has 0 aliphatic carbocycles. The molecule has 5 nitrogen and oxygen atoms in total. The molecule has 0 aliphatic rings. The molecular weight excluding hydrogens is 326 g/mol. The van der Waals surface area contributed by atoms with E-state index in [2.05, 4.69) is 10.1 Å². The van der Waals surface area contributed by atoms with Crippen molar-refractivity contribution in [1.82, 2.24) is 0 Å². The van der Waals surface area contributed by atoms with Crippen molar-refractivity contribution in [2.45, 2.75) is 18.7 Å². The minimum Gasteiger partial charge on any atom is -0.465 e. The molecule has 0 heterocycles. The van der Waals surface area contributed by atoms with Gasteiger partial charge in [0.05, 0.1) is 12.0 Å². The summed E-state index contributed by atoms with van der Waals surface area (Å²) >= 11 is 0. The molecule has 126 valence electrons. The largest absolute Gasteiger partial charge is 0.465 e. The molecule has 0 saturated heterocycles. The van der Waals surface area contributed by atoms with Gasteiger partial charge in [0.25, 0.3) is 0 Å². The Morgan fingerprint density at radius 3 is 1.96 bits per heavy atom. The number of sulfone groups is 1. The Kier molecular flexibility index (Phi) is 5.41. The summed E-state index contributed by atoms with van der Waals surface area (Å²) in [6, 6.07) is 13.6. The van der Waals surface area contributed by atoms with E-state index < -0.39 is 20.7 Å². The van der Waals surface area contributed by atoms with Crippen LogP contribution in [0, 0.1) is 13.8 Å². The van der Waals surface area contributed by atoms with Gasteiger partial charge in [-0.15, -0.1) is 0 Å². The molecule has 0 radical (unpaired) electrons. The van der Waals surface area contributed by atoms with Gasteiger partial charge in [-0.3, -0.25) is 0 Å². The standard InChI is InChI=1S/C18H19NO4S/c1-13-4-8-15(9-5-13)19-12-17(18(20)23-3)24(21,22)16-10-6-14(2)7-11-16/h4-12,19H,1-3H3/b17-12-. The summed E-state index contributed by atoms with van der Waals surface area (Å²) < 4.78 is 30.0. The van der Waals surface area contributed by atoms with Crippen LogP contribution in [-0.2, 0) is 19.4 Å². The highest BCUT2D eigenvalue weighted by atomic mass is 32.2. The highest BCUT2D eigenvalue weighted by Gasteiger charge is 2.28. The number of nitrogens with one attached hydrogen (secondary N) is 1. The summed E-state index contributed by atoms with van der Waals surface area (Å²) in [7, 11) is -2.84. The first-order valence-electron chi connectivity index (χ1n) is 7.28. The third-order valence-corrected chi connectivity index (χ3v) is 5.19. The van der Waals surface area contributed by atoms with Gasteiger partial charge in [-0.1, -0.05) is 35.4 Å². The summed E-state index contributed by atoms with van der Waals surface area (Å²) in [5.74, 6) is -0.921. The quantitative estimate of drug-likeness (QED) is 0.665. The average molecular weight is 345 g/mol. The zero-order chi connectivity index (χ0) is 17.7. The molecule has 1 N–H and O–H groups in total. The number of rotatable bonds is 5. The monoisotopic (exact) mass is 345 g/mol. The number of methoxy groups -OCH3 is 1. The van der Waals surface area contributed by atoms with Gasteiger partial charge in [0.2, 0.25) is 9.84 Å². The molecule has 0 aromatic heterocycles. The average Bonchev–Trinajstić information content (AvgIpc) is 2.56. The van der Waals surface area contributed by atoms with Gasteiger partial charge in [-0.05, 0) is 38.1 Å². The predicted molar refractivity (Wildman–Crippen MR) is 93.3 cm³/mol. The van der Waals surface area contributed by atoms with Gasteiger partial charge in [-0.2, -0.15) is 0 Å². The Morgan fingerprint density at radius 1 is 0.958 bits per heavy atom. The number of esters is 1. The van der Waals surface area contributed by atoms with Crippen molar-refractivity contribution in [1.29, 1.82) is 0 Å². The topological polar surface area (TPSA) is 72.5 Å². The lowest BCUT2D eigenvalue weighted by atomic mass is 10.2. The van der Waals surface area contributed by atoms with Crippen LogP contribution in [0.4, 0.5) is 5.69 Å². The molecule has 0 aliphatic heterocycles. The fourth-order valence-corrected chi connectivity index (χ4v) is 3.26. The van der Waals surface area contributed by atoms with Crippen molar-refractivity contribution in [3.05, 3.63) is 70.8 Å². The van der Waals surface area contributed by atoms with E-state index in [0.29, 0.717) is 5.69 Å². The van der Waals surface area contributed by atoms with Crippen molar-refractivity contribution in [3.63, 3.8) is 0 Å². The van der Waals surface area contributed by atoms with Gasteiger partial charge in [0.1, 0.15) is 0 Å². The normalized spacial score (nSPS) is 11.9. The van der Waals surface area contributed by atoms with Crippen LogP contribution in [-0.4, -0.2) is 21.5 Å². The van der Waals surface area contributed by atoms with Crippen LogP contribution in [0.15, 0.2) is 64.5 Å². The van der Waals surface area contributed by atoms with Gasteiger partial charge >= 0.3 is 5.97 Å². The first-order valence-corrected chi connectivity index (χ1v) is 8.76. The minimum absolute atomic E-state index is 0.0375. The smallest absolute Gasteiger partial charge is 0.351 e. The van der Waals surface area contributed by atoms with Gasteiger partial charge in [-0.25, -0.2) is 13.2 Å². The number of anilines is 1. The predicted octanol–water partition coefficient (Wildman–Crippen LogP) is 3.20. The van der Waals surface area contributed by atoms with E-state index in [0.717, 1.165) is 24.4 Å². The van der Waals surface area contributed by atoms with E-state index in [1.807, 2.05) is 26.0 Å². The van der Waals surface area contributed by atoms with Crippen LogP contribution < -0.4 is 5.32 Å². The van der Waals surface area contributed by atoms with Gasteiger partial charge in [0, 0.05) is 11.9 Å². The van der Waals surface area contributed by atoms with E-state index in [1.165, 1.54) is 12.1 Å². The molecule has 0 spiro atoms. The summed E-state index contributed by atoms with van der Waals surface area (Å²) in [5, 5.41) is 2.83. The Balaban J connectivity index is 2.40. The van der Waals surface area contributed by atoms with Crippen molar-refractivity contribution < 1.29 is 17.9 Å². The second-order valence-electron chi connectivity index (χ2n) is 5.33. The highest BCUT2D eigenvalue weighted by Crippen LogP contribution is 2.21. The second-order valence-corrected chi connectivity index (χ2v) is 7.25. The number of aryl methyl sites for hydroxylation is 2. The third kappa shape index (κ3) is 4.02. The summed E-state index contributed by atoms with van der Waals surface area (Å²) in [6.07, 6.45) is 1.16. The molecule has 0 atom stereocenters. The summed E-state index contributed by atoms with van der Waals surface area (Å²) in [4.78, 5) is 11.6. The van der Waals surface area contributed by atoms with Crippen molar-refractivity contribution in [2.24, 2.45) is 0 Å². The maximum Gasteiger partial charge on any atom is 0.351 e. The second kappa shape index (κ2) is 7.31. The Labute approximate surface area is 141 Å². The highest BCUT2D eigenvalue weighted by molar-refractivity contribution is 7.96. The van der Waals surface area contributed by atoms with Crippen LogP contribution in [0.3, 0.4) is 0 Å². The van der Waals surface area contributed by atoms with Crippen LogP contribution in [0.2, 0.25) is 0 Å². The van der Waals surface area contributed by atoms with E-state index >= 15 is 0 Å². The van der Waals surface area contributed by atoms with Crippen LogP contribution in [0.25, 0.3) is 0 Å². The molecule has 0 unspecified atom stereocenters. The van der Waals surface area contributed by atoms with Crippen molar-refractivity contribution in [2.75, 3.05) is 12.4 Å².